The van der Waals surface area contributed by atoms with E-state index in [2.05, 4.69) is 78.6 Å². The highest BCUT2D eigenvalue weighted by atomic mass is 16.3. The third-order valence-electron chi connectivity index (χ3n) is 5.25. The predicted octanol–water partition coefficient (Wildman–Crippen LogP) is 4.80. The molecule has 1 saturated carbocycles. The van der Waals surface area contributed by atoms with Gasteiger partial charge in [-0.15, -0.1) is 0 Å². The van der Waals surface area contributed by atoms with E-state index < -0.39 is 0 Å². The van der Waals surface area contributed by atoms with Crippen LogP contribution in [0.15, 0.2) is 72.3 Å². The normalized spacial score (nSPS) is 20.3. The topological polar surface area (TPSA) is 23.5 Å². The molecule has 0 unspecified atom stereocenters. The SMILES string of the molecule is C[C@@H](/C=C1/CCC[C@H]1CO)N(Cc1ccccc1)Cc1ccccc1. The van der Waals surface area contributed by atoms with Gasteiger partial charge in [0.1, 0.15) is 0 Å². The fraction of sp³-hybridized carbons (Fsp3) is 0.391. The number of aliphatic hydroxyl groups is 1. The van der Waals surface area contributed by atoms with Crippen molar-refractivity contribution in [2.75, 3.05) is 6.61 Å². The van der Waals surface area contributed by atoms with Crippen LogP contribution in [0.3, 0.4) is 0 Å². The van der Waals surface area contributed by atoms with Gasteiger partial charge in [0.2, 0.25) is 0 Å². The average Bonchev–Trinajstić information content (AvgIpc) is 3.10. The first kappa shape index (κ1) is 17.9. The summed E-state index contributed by atoms with van der Waals surface area (Å²) in [6.45, 7) is 4.44. The van der Waals surface area contributed by atoms with Crippen LogP contribution in [0.5, 0.6) is 0 Å². The Kier molecular flexibility index (Phi) is 6.43. The molecule has 132 valence electrons. The number of hydrogen-bond donors (Lipinski definition) is 1. The molecule has 1 aliphatic rings. The maximum atomic E-state index is 9.60. The summed E-state index contributed by atoms with van der Waals surface area (Å²) in [6, 6.07) is 21.7. The first-order chi connectivity index (χ1) is 12.3. The van der Waals surface area contributed by atoms with Crippen molar-refractivity contribution in [2.45, 2.75) is 45.3 Å². The molecule has 0 bridgehead atoms. The minimum absolute atomic E-state index is 0.288. The van der Waals surface area contributed by atoms with Crippen LogP contribution in [0.2, 0.25) is 0 Å². The summed E-state index contributed by atoms with van der Waals surface area (Å²) in [5, 5.41) is 9.60. The Morgan fingerprint density at radius 2 is 1.56 bits per heavy atom. The van der Waals surface area contributed by atoms with Crippen LogP contribution >= 0.6 is 0 Å². The van der Waals surface area contributed by atoms with Crippen LogP contribution < -0.4 is 0 Å². The van der Waals surface area contributed by atoms with Crippen LogP contribution in [0.4, 0.5) is 0 Å². The molecule has 0 radical (unpaired) electrons. The second-order valence-electron chi connectivity index (χ2n) is 7.13. The van der Waals surface area contributed by atoms with Crippen molar-refractivity contribution in [3.63, 3.8) is 0 Å². The summed E-state index contributed by atoms with van der Waals surface area (Å²) in [7, 11) is 0. The van der Waals surface area contributed by atoms with E-state index in [0.717, 1.165) is 25.9 Å². The fourth-order valence-electron chi connectivity index (χ4n) is 3.77. The Hall–Kier alpha value is -1.90. The van der Waals surface area contributed by atoms with Gasteiger partial charge in [-0.1, -0.05) is 72.3 Å². The van der Waals surface area contributed by atoms with E-state index in [-0.39, 0.29) is 6.61 Å². The van der Waals surface area contributed by atoms with Crippen LogP contribution in [0.25, 0.3) is 0 Å². The van der Waals surface area contributed by atoms with Crippen molar-refractivity contribution in [1.29, 1.82) is 0 Å². The quantitative estimate of drug-likeness (QED) is 0.735. The lowest BCUT2D eigenvalue weighted by atomic mass is 10.0. The predicted molar refractivity (Wildman–Crippen MR) is 104 cm³/mol. The molecule has 0 amide bonds. The van der Waals surface area contributed by atoms with Gasteiger partial charge in [-0.2, -0.15) is 0 Å². The molecule has 2 aromatic carbocycles. The van der Waals surface area contributed by atoms with Crippen molar-refractivity contribution in [3.05, 3.63) is 83.4 Å². The van der Waals surface area contributed by atoms with Gasteiger partial charge in [0.25, 0.3) is 0 Å². The van der Waals surface area contributed by atoms with E-state index >= 15 is 0 Å². The lowest BCUT2D eigenvalue weighted by Gasteiger charge is -2.28. The zero-order valence-electron chi connectivity index (χ0n) is 15.1. The van der Waals surface area contributed by atoms with Crippen molar-refractivity contribution in [2.24, 2.45) is 5.92 Å². The molecule has 1 N–H and O–H groups in total. The van der Waals surface area contributed by atoms with Crippen molar-refractivity contribution in [1.82, 2.24) is 4.90 Å². The molecule has 2 atom stereocenters. The smallest absolute Gasteiger partial charge is 0.0496 e. The second kappa shape index (κ2) is 8.98. The minimum Gasteiger partial charge on any atom is -0.396 e. The van der Waals surface area contributed by atoms with Gasteiger partial charge in [-0.3, -0.25) is 4.90 Å². The third kappa shape index (κ3) is 5.04. The molecule has 1 aliphatic carbocycles. The largest absolute Gasteiger partial charge is 0.396 e. The maximum absolute atomic E-state index is 9.60. The summed E-state index contributed by atoms with van der Waals surface area (Å²) in [5.41, 5.74) is 4.13. The monoisotopic (exact) mass is 335 g/mol. The Morgan fingerprint density at radius 3 is 2.08 bits per heavy atom. The van der Waals surface area contributed by atoms with Gasteiger partial charge in [0, 0.05) is 31.7 Å². The van der Waals surface area contributed by atoms with Gasteiger partial charge in [0.05, 0.1) is 0 Å². The lowest BCUT2D eigenvalue weighted by molar-refractivity contribution is 0.219. The summed E-state index contributed by atoms with van der Waals surface area (Å²) in [4.78, 5) is 2.52. The van der Waals surface area contributed by atoms with Crippen LogP contribution in [-0.4, -0.2) is 22.7 Å². The molecular weight excluding hydrogens is 306 g/mol. The molecule has 0 spiro atoms. The summed E-state index contributed by atoms with van der Waals surface area (Å²) >= 11 is 0. The van der Waals surface area contributed by atoms with Gasteiger partial charge < -0.3 is 5.11 Å². The first-order valence-electron chi connectivity index (χ1n) is 9.39. The summed E-state index contributed by atoms with van der Waals surface area (Å²) < 4.78 is 0. The Labute approximate surface area is 151 Å². The van der Waals surface area contributed by atoms with Crippen molar-refractivity contribution < 1.29 is 5.11 Å². The van der Waals surface area contributed by atoms with Crippen molar-refractivity contribution >= 4 is 0 Å². The highest BCUT2D eigenvalue weighted by Gasteiger charge is 2.22. The Balaban J connectivity index is 1.78. The highest BCUT2D eigenvalue weighted by Crippen LogP contribution is 2.31. The van der Waals surface area contributed by atoms with Gasteiger partial charge in [0.15, 0.2) is 0 Å². The zero-order chi connectivity index (χ0) is 17.5. The maximum Gasteiger partial charge on any atom is 0.0496 e. The third-order valence-corrected chi connectivity index (χ3v) is 5.25. The molecule has 0 aromatic heterocycles. The number of rotatable bonds is 7. The summed E-state index contributed by atoms with van der Waals surface area (Å²) in [5.74, 6) is 0.373. The number of benzene rings is 2. The van der Waals surface area contributed by atoms with E-state index in [4.69, 9.17) is 0 Å². The molecule has 0 heterocycles. The fourth-order valence-corrected chi connectivity index (χ4v) is 3.77. The molecule has 0 saturated heterocycles. The number of hydrogen-bond acceptors (Lipinski definition) is 2. The Morgan fingerprint density at radius 1 is 1.00 bits per heavy atom. The first-order valence-corrected chi connectivity index (χ1v) is 9.39. The van der Waals surface area contributed by atoms with Gasteiger partial charge >= 0.3 is 0 Å². The van der Waals surface area contributed by atoms with E-state index in [1.165, 1.54) is 23.1 Å². The molecule has 1 fully saturated rings. The van der Waals surface area contributed by atoms with E-state index in [0.29, 0.717) is 12.0 Å². The zero-order valence-corrected chi connectivity index (χ0v) is 15.1. The average molecular weight is 335 g/mol. The van der Waals surface area contributed by atoms with E-state index in [1.54, 1.807) is 0 Å². The van der Waals surface area contributed by atoms with E-state index in [9.17, 15) is 5.11 Å². The van der Waals surface area contributed by atoms with Crippen LogP contribution in [0, 0.1) is 5.92 Å². The molecule has 2 heteroatoms. The summed E-state index contributed by atoms with van der Waals surface area (Å²) in [6.07, 6.45) is 5.88. The second-order valence-corrected chi connectivity index (χ2v) is 7.13. The molecule has 25 heavy (non-hydrogen) atoms. The number of aliphatic hydroxyl groups excluding tert-OH is 1. The molecule has 2 aromatic rings. The minimum atomic E-state index is 0.288. The standard InChI is InChI=1S/C23H29NO/c1-19(15-22-13-8-14-23(22)18-25)24(16-20-9-4-2-5-10-20)17-21-11-6-3-7-12-21/h2-7,9-12,15,19,23,25H,8,13-14,16-18H2,1H3/b22-15-/t19-,23-/m0/s1. The van der Waals surface area contributed by atoms with Gasteiger partial charge in [-0.25, -0.2) is 0 Å². The van der Waals surface area contributed by atoms with Gasteiger partial charge in [-0.05, 0) is 37.3 Å². The molecular formula is C23H29NO. The molecule has 3 rings (SSSR count). The van der Waals surface area contributed by atoms with Crippen LogP contribution in [0.1, 0.15) is 37.3 Å². The van der Waals surface area contributed by atoms with Crippen LogP contribution in [-0.2, 0) is 13.1 Å². The highest BCUT2D eigenvalue weighted by molar-refractivity contribution is 5.19. The number of nitrogens with zero attached hydrogens (tertiary/aromatic N) is 1. The molecule has 2 nitrogen and oxygen atoms in total. The Bertz CT molecular complexity index is 624. The lowest BCUT2D eigenvalue weighted by Crippen LogP contribution is -2.31. The van der Waals surface area contributed by atoms with Crippen molar-refractivity contribution in [3.8, 4) is 0 Å². The molecule has 0 aliphatic heterocycles. The van der Waals surface area contributed by atoms with E-state index in [1.807, 2.05) is 0 Å².